The van der Waals surface area contributed by atoms with Crippen molar-refractivity contribution in [2.24, 2.45) is 0 Å². The molecular formula is C42H56Br3F3N4O10. The fourth-order valence-electron chi connectivity index (χ4n) is 5.87. The minimum Gasteiger partial charge on any atom is -0.465 e. The molecule has 0 atom stereocenters. The smallest absolute Gasteiger partial charge is 0.416 e. The van der Waals surface area contributed by atoms with Crippen LogP contribution in [0, 0.1) is 6.92 Å². The second-order valence-corrected chi connectivity index (χ2v) is 18.4. The van der Waals surface area contributed by atoms with Crippen LogP contribution in [0.1, 0.15) is 77.6 Å². The molecule has 2 aromatic rings. The average Bonchev–Trinajstić information content (AvgIpc) is 3.13. The van der Waals surface area contributed by atoms with Crippen molar-refractivity contribution in [1.82, 2.24) is 20.0 Å². The van der Waals surface area contributed by atoms with E-state index in [2.05, 4.69) is 53.1 Å². The maximum atomic E-state index is 12.9. The van der Waals surface area contributed by atoms with Crippen LogP contribution in [0.15, 0.2) is 48.5 Å². The molecule has 2 heterocycles. The van der Waals surface area contributed by atoms with Gasteiger partial charge in [0.05, 0.1) is 55.6 Å². The number of benzene rings is 2. The second kappa shape index (κ2) is 23.3. The number of likely N-dealkylation sites (tertiary alicyclic amines) is 2. The van der Waals surface area contributed by atoms with Gasteiger partial charge in [-0.25, -0.2) is 19.2 Å². The summed E-state index contributed by atoms with van der Waals surface area (Å²) in [6.07, 6.45) is -5.46. The number of ether oxygens (including phenoxy) is 4. The van der Waals surface area contributed by atoms with Gasteiger partial charge in [-0.1, -0.05) is 73.8 Å². The molecule has 62 heavy (non-hydrogen) atoms. The normalized spacial score (nSPS) is 15.1. The number of nitrogens with one attached hydrogen (secondary N) is 1. The number of carbonyl (C=O) groups excluding carboxylic acids is 6. The Morgan fingerprint density at radius 1 is 0.710 bits per heavy atom. The molecule has 2 fully saturated rings. The summed E-state index contributed by atoms with van der Waals surface area (Å²) in [7, 11) is 0. The number of nitrogens with zero attached hydrogens (tertiary/aromatic N) is 3. The monoisotopic (exact) mass is 1070 g/mol. The third-order valence-electron chi connectivity index (χ3n) is 8.86. The van der Waals surface area contributed by atoms with Crippen molar-refractivity contribution in [3.63, 3.8) is 0 Å². The number of hydrogen-bond donors (Lipinski definition) is 1. The number of halogens is 6. The summed E-state index contributed by atoms with van der Waals surface area (Å²) >= 11 is 8.81. The number of carbonyl (C=O) groups is 6. The van der Waals surface area contributed by atoms with Crippen LogP contribution < -0.4 is 5.32 Å². The van der Waals surface area contributed by atoms with E-state index in [1.807, 2.05) is 31.2 Å². The van der Waals surface area contributed by atoms with E-state index in [9.17, 15) is 41.9 Å². The molecule has 2 aliphatic heterocycles. The maximum absolute atomic E-state index is 12.9. The quantitative estimate of drug-likeness (QED) is 0.0952. The zero-order valence-corrected chi connectivity index (χ0v) is 41.1. The third-order valence-corrected chi connectivity index (χ3v) is 10.9. The first kappa shape index (κ1) is 54.4. The highest BCUT2D eigenvalue weighted by Crippen LogP contribution is 2.34. The molecule has 2 aromatic carbocycles. The lowest BCUT2D eigenvalue weighted by Gasteiger charge is -2.53. The Morgan fingerprint density at radius 3 is 1.55 bits per heavy atom. The van der Waals surface area contributed by atoms with Gasteiger partial charge < -0.3 is 33.6 Å². The number of esters is 2. The summed E-state index contributed by atoms with van der Waals surface area (Å²) in [5.41, 5.74) is -1.82. The van der Waals surface area contributed by atoms with Crippen molar-refractivity contribution in [3.8, 4) is 0 Å². The van der Waals surface area contributed by atoms with Crippen molar-refractivity contribution in [2.75, 3.05) is 50.1 Å². The Kier molecular flexibility index (Phi) is 20.4. The van der Waals surface area contributed by atoms with Crippen molar-refractivity contribution in [1.29, 1.82) is 0 Å². The minimum absolute atomic E-state index is 0.0162. The van der Waals surface area contributed by atoms with Gasteiger partial charge in [0.25, 0.3) is 0 Å². The number of amides is 3. The Bertz CT molecular complexity index is 1840. The molecule has 1 N–H and O–H groups in total. The standard InChI is InChI=1S/C21H29BrN2O5.C19H25F3N2O4.C2H2Br2O/c1-6-28-18(26)21(13-23(14-21)19(27)29-20(3,4)5)24(17(25)11-22)12-16-9-7-15(2)8-10-16;1-5-27-15(25)18(11-24(12-18)16(26)28-17(2,3)4)23-10-13-6-8-14(9-7-13)19(20,21)22;3-1-2(4)5/h7-10H,6,11-14H2,1-5H3;6-9,23H,5,10-12H2,1-4H3;1H2. The number of aryl methyl sites for hydroxylation is 1. The first-order chi connectivity index (χ1) is 28.7. The summed E-state index contributed by atoms with van der Waals surface area (Å²) in [4.78, 5) is 76.6. The van der Waals surface area contributed by atoms with Crippen LogP contribution in [-0.2, 0) is 57.4 Å². The van der Waals surface area contributed by atoms with E-state index in [0.717, 1.165) is 23.3 Å². The zero-order chi connectivity index (χ0) is 47.3. The van der Waals surface area contributed by atoms with E-state index in [1.165, 1.54) is 26.8 Å². The van der Waals surface area contributed by atoms with Gasteiger partial charge in [-0.2, -0.15) is 13.2 Å². The van der Waals surface area contributed by atoms with Gasteiger partial charge >= 0.3 is 30.3 Å². The van der Waals surface area contributed by atoms with Crippen LogP contribution in [-0.4, -0.2) is 122 Å². The van der Waals surface area contributed by atoms with Gasteiger partial charge in [-0.15, -0.1) is 0 Å². The molecular weight excluding hydrogens is 1020 g/mol. The van der Waals surface area contributed by atoms with E-state index in [0.29, 0.717) is 10.9 Å². The van der Waals surface area contributed by atoms with Crippen LogP contribution in [0.2, 0.25) is 0 Å². The third kappa shape index (κ3) is 16.4. The molecule has 4 rings (SSSR count). The molecule has 0 unspecified atom stereocenters. The number of hydrogen-bond acceptors (Lipinski definition) is 11. The lowest BCUT2D eigenvalue weighted by molar-refractivity contribution is -0.176. The van der Waals surface area contributed by atoms with Crippen LogP contribution in [0.5, 0.6) is 0 Å². The maximum Gasteiger partial charge on any atom is 0.416 e. The molecule has 3 amide bonds. The second-order valence-electron chi connectivity index (χ2n) is 16.4. The zero-order valence-electron chi connectivity index (χ0n) is 36.4. The van der Waals surface area contributed by atoms with Crippen LogP contribution in [0.3, 0.4) is 0 Å². The van der Waals surface area contributed by atoms with Crippen molar-refractivity contribution in [2.45, 2.75) is 104 Å². The van der Waals surface area contributed by atoms with Crippen LogP contribution in [0.4, 0.5) is 22.8 Å². The van der Waals surface area contributed by atoms with Gasteiger partial charge in [-0.3, -0.25) is 14.9 Å². The Balaban J connectivity index is 0.000000385. The first-order valence-electron chi connectivity index (χ1n) is 19.5. The van der Waals surface area contributed by atoms with Gasteiger partial charge in [0.1, 0.15) is 11.2 Å². The van der Waals surface area contributed by atoms with Gasteiger partial charge in [-0.05, 0) is 102 Å². The largest absolute Gasteiger partial charge is 0.465 e. The highest BCUT2D eigenvalue weighted by molar-refractivity contribution is 9.19. The van der Waals surface area contributed by atoms with Gasteiger partial charge in [0.2, 0.25) is 10.6 Å². The summed E-state index contributed by atoms with van der Waals surface area (Å²) in [6, 6.07) is 12.4. The first-order valence-corrected chi connectivity index (χ1v) is 22.6. The number of alkyl halides is 5. The molecule has 0 saturated carbocycles. The van der Waals surface area contributed by atoms with E-state index >= 15 is 0 Å². The van der Waals surface area contributed by atoms with E-state index in [1.54, 1.807) is 55.4 Å². The molecule has 0 spiro atoms. The summed E-state index contributed by atoms with van der Waals surface area (Å²) in [5.74, 6) is -1.27. The molecule has 2 saturated heterocycles. The molecule has 14 nitrogen and oxygen atoms in total. The lowest BCUT2D eigenvalue weighted by atomic mass is 9.87. The fraction of sp³-hybridized carbons (Fsp3) is 0.571. The van der Waals surface area contributed by atoms with Gasteiger partial charge in [0.15, 0.2) is 11.1 Å². The SMILES string of the molecule is CCOC(=O)C1(N(Cc2ccc(C)cc2)C(=O)CBr)CN(C(=O)OC(C)(C)C)C1.CCOC(=O)C1(NCc2ccc(C(F)(F)F)cc2)CN(C(=O)OC(C)(C)C)C1.O=C(Br)CBr. The molecule has 346 valence electrons. The lowest BCUT2D eigenvalue weighted by Crippen LogP contribution is -2.76. The van der Waals surface area contributed by atoms with Crippen molar-refractivity contribution in [3.05, 3.63) is 70.8 Å². The van der Waals surface area contributed by atoms with Gasteiger partial charge in [0, 0.05) is 13.1 Å². The molecule has 0 aliphatic carbocycles. The predicted molar refractivity (Wildman–Crippen MR) is 236 cm³/mol. The molecule has 20 heteroatoms. The molecule has 0 aromatic heterocycles. The van der Waals surface area contributed by atoms with Crippen LogP contribution >= 0.6 is 47.8 Å². The predicted octanol–water partition coefficient (Wildman–Crippen LogP) is 7.92. The average molecular weight is 1070 g/mol. The van der Waals surface area contributed by atoms with E-state index < -0.39 is 58.1 Å². The molecule has 0 bridgehead atoms. The Hall–Kier alpha value is -3.75. The number of rotatable bonds is 12. The highest BCUT2D eigenvalue weighted by atomic mass is 79.9. The Morgan fingerprint density at radius 2 is 1.15 bits per heavy atom. The summed E-state index contributed by atoms with van der Waals surface area (Å²) in [5, 5.41) is 3.49. The van der Waals surface area contributed by atoms with E-state index in [4.69, 9.17) is 18.9 Å². The highest BCUT2D eigenvalue weighted by Gasteiger charge is 2.58. The summed E-state index contributed by atoms with van der Waals surface area (Å²) in [6.45, 7) is 16.9. The van der Waals surface area contributed by atoms with E-state index in [-0.39, 0.29) is 68.4 Å². The van der Waals surface area contributed by atoms with Crippen LogP contribution in [0.25, 0.3) is 0 Å². The fourth-order valence-corrected chi connectivity index (χ4v) is 6.17. The summed E-state index contributed by atoms with van der Waals surface area (Å²) < 4.78 is 59.0. The van der Waals surface area contributed by atoms with Crippen molar-refractivity contribution >= 4 is 82.5 Å². The van der Waals surface area contributed by atoms with Crippen molar-refractivity contribution < 1.29 is 60.9 Å². The topological polar surface area (TPSA) is 161 Å². The Labute approximate surface area is 386 Å². The minimum atomic E-state index is -4.40. The molecule has 0 radical (unpaired) electrons. The molecule has 2 aliphatic rings.